The van der Waals surface area contributed by atoms with Crippen LogP contribution in [0.5, 0.6) is 0 Å². The minimum atomic E-state index is -4.70. The zero-order chi connectivity index (χ0) is 26.4. The molecule has 1 aromatic heterocycles. The Labute approximate surface area is 227 Å². The van der Waals surface area contributed by atoms with Gasteiger partial charge in [-0.2, -0.15) is 8.42 Å². The van der Waals surface area contributed by atoms with Crippen molar-refractivity contribution in [2.45, 2.75) is 38.0 Å². The van der Waals surface area contributed by atoms with Gasteiger partial charge in [-0.3, -0.25) is 4.55 Å². The van der Waals surface area contributed by atoms with Crippen LogP contribution in [-0.2, 0) is 27.0 Å². The van der Waals surface area contributed by atoms with Crippen molar-refractivity contribution in [3.8, 4) is 0 Å². The number of fused-ring (bicyclic) bond motifs is 2. The number of hydrogen-bond donors (Lipinski definition) is 2. The number of nitrogens with zero attached hydrogens (tertiary/aromatic N) is 2. The van der Waals surface area contributed by atoms with Gasteiger partial charge in [-0.25, -0.2) is 8.86 Å². The molecule has 8 nitrogen and oxygen atoms in total. The summed E-state index contributed by atoms with van der Waals surface area (Å²) in [6.45, 7) is 3.75. The van der Waals surface area contributed by atoms with Crippen LogP contribution < -0.4 is 8.28 Å². The molecule has 0 radical (unpaired) electrons. The highest BCUT2D eigenvalue weighted by atomic mass is 35.5. The fourth-order valence-electron chi connectivity index (χ4n) is 3.86. The molecule has 36 heavy (non-hydrogen) atoms. The third-order valence-electron chi connectivity index (χ3n) is 5.35. The normalized spacial score (nSPS) is 15.8. The van der Waals surface area contributed by atoms with Gasteiger partial charge in [0.05, 0.1) is 15.7 Å². The molecule has 0 amide bonds. The average molecular weight is 609 g/mol. The lowest BCUT2D eigenvalue weighted by Crippen LogP contribution is -2.44. The molecule has 0 saturated carbocycles. The Bertz CT molecular complexity index is 1650. The van der Waals surface area contributed by atoms with Gasteiger partial charge in [0.15, 0.2) is 0 Å². The van der Waals surface area contributed by atoms with E-state index in [0.29, 0.717) is 55.6 Å². The number of rotatable bonds is 7. The van der Waals surface area contributed by atoms with Crippen molar-refractivity contribution in [3.05, 3.63) is 67.6 Å². The van der Waals surface area contributed by atoms with Crippen LogP contribution >= 0.6 is 46.3 Å². The smallest absolute Gasteiger partial charge is 0.269 e. The zero-order valence-electron chi connectivity index (χ0n) is 19.0. The Balaban J connectivity index is 1.92. The van der Waals surface area contributed by atoms with Crippen molar-refractivity contribution in [3.63, 3.8) is 0 Å². The molecule has 0 unspecified atom stereocenters. The van der Waals surface area contributed by atoms with Crippen LogP contribution in [0.1, 0.15) is 37.3 Å². The number of benzene rings is 2. The number of thiazole rings is 1. The highest BCUT2D eigenvalue weighted by molar-refractivity contribution is 8.05. The second-order valence-electron chi connectivity index (χ2n) is 7.82. The minimum Gasteiger partial charge on any atom is -0.269 e. The van der Waals surface area contributed by atoms with Crippen LogP contribution in [0.3, 0.4) is 0 Å². The summed E-state index contributed by atoms with van der Waals surface area (Å²) < 4.78 is 71.7. The molecule has 192 valence electrons. The highest BCUT2D eigenvalue weighted by Gasteiger charge is 2.35. The van der Waals surface area contributed by atoms with Crippen molar-refractivity contribution in [1.29, 1.82) is 0 Å². The van der Waals surface area contributed by atoms with E-state index in [-0.39, 0.29) is 15.7 Å². The van der Waals surface area contributed by atoms with Crippen molar-refractivity contribution in [2.75, 3.05) is 4.31 Å². The number of hydrogen-bond acceptors (Lipinski definition) is 6. The second kappa shape index (κ2) is 10.3. The summed E-state index contributed by atoms with van der Waals surface area (Å²) in [6, 6.07) is 8.08. The molecular weight excluding hydrogens is 587 g/mol. The molecule has 0 bridgehead atoms. The number of aryl methyl sites for hydroxylation is 1. The van der Waals surface area contributed by atoms with Crippen LogP contribution in [0.25, 0.3) is 16.3 Å². The Morgan fingerprint density at radius 3 is 2.44 bits per heavy atom. The fourth-order valence-corrected chi connectivity index (χ4v) is 8.64. The summed E-state index contributed by atoms with van der Waals surface area (Å²) in [5.74, 6) is 0. The molecule has 14 heteroatoms. The van der Waals surface area contributed by atoms with Crippen molar-refractivity contribution in [2.24, 2.45) is 0 Å². The van der Waals surface area contributed by atoms with Crippen LogP contribution in [0.2, 0.25) is 10.0 Å². The monoisotopic (exact) mass is 607 g/mol. The summed E-state index contributed by atoms with van der Waals surface area (Å²) in [5.41, 5.74) is 1.68. The maximum Gasteiger partial charge on any atom is 0.513 e. The van der Waals surface area contributed by atoms with E-state index in [1.54, 1.807) is 36.4 Å². The predicted molar refractivity (Wildman–Crippen MR) is 146 cm³/mol. The summed E-state index contributed by atoms with van der Waals surface area (Å²) >= 11 is 14.7. The van der Waals surface area contributed by atoms with E-state index < -0.39 is 20.6 Å². The molecule has 0 saturated heterocycles. The van der Waals surface area contributed by atoms with Crippen molar-refractivity contribution in [1.82, 2.24) is 0 Å². The van der Waals surface area contributed by atoms with E-state index in [2.05, 4.69) is 0 Å². The maximum absolute atomic E-state index is 12.5. The first-order chi connectivity index (χ1) is 16.8. The van der Waals surface area contributed by atoms with E-state index in [0.717, 1.165) is 31.4 Å². The van der Waals surface area contributed by atoms with Gasteiger partial charge in [-0.05, 0) is 58.8 Å². The number of anilines is 1. The van der Waals surface area contributed by atoms with E-state index in [1.807, 2.05) is 13.8 Å². The minimum absolute atomic E-state index is 0.192. The summed E-state index contributed by atoms with van der Waals surface area (Å²) in [5, 5.41) is 1.10. The summed E-state index contributed by atoms with van der Waals surface area (Å²) in [7, 11) is -9.37. The first kappa shape index (κ1) is 27.4. The molecule has 0 spiro atoms. The average Bonchev–Trinajstić information content (AvgIpc) is 3.32. The van der Waals surface area contributed by atoms with E-state index in [4.69, 9.17) is 23.2 Å². The van der Waals surface area contributed by atoms with Crippen LogP contribution in [0.15, 0.2) is 51.9 Å². The van der Waals surface area contributed by atoms with Gasteiger partial charge in [-0.1, -0.05) is 66.6 Å². The lowest BCUT2D eigenvalue weighted by Gasteiger charge is -2.16. The number of thioether (sulfide) groups is 1. The molecule has 1 aliphatic heterocycles. The van der Waals surface area contributed by atoms with E-state index in [9.17, 15) is 25.9 Å². The maximum atomic E-state index is 12.5. The molecule has 1 aliphatic rings. The molecule has 0 atom stereocenters. The predicted octanol–water partition coefficient (Wildman–Crippen LogP) is 6.15. The molecule has 0 aliphatic carbocycles. The topological polar surface area (TPSA) is 116 Å². The van der Waals surface area contributed by atoms with Gasteiger partial charge in [0, 0.05) is 21.6 Å². The van der Waals surface area contributed by atoms with Crippen LogP contribution in [0, 0.1) is 0 Å². The lowest BCUT2D eigenvalue weighted by atomic mass is 10.1. The van der Waals surface area contributed by atoms with Gasteiger partial charge < -0.3 is 0 Å². The van der Waals surface area contributed by atoms with Gasteiger partial charge in [0.25, 0.3) is 5.01 Å². The van der Waals surface area contributed by atoms with Crippen molar-refractivity contribution < 1.29 is 29.9 Å². The standard InChI is InChI=1S/C22H20Cl2N2O6S4/c1-3-5-15-16(24)7-9-19-22(15)26(36(30,31)32)21(34-19)11-13(4-2)10-20-25(35(27,28)29)17-12-14(23)6-8-18(17)33-20/h6-12H,3-5H2,1-2H3,(H-,27,28,29,30,31,32)/p+1. The van der Waals surface area contributed by atoms with E-state index in [1.165, 1.54) is 6.07 Å². The third-order valence-corrected chi connectivity index (χ3v) is 10.00. The molecule has 2 N–H and O–H groups in total. The third kappa shape index (κ3) is 5.32. The molecule has 2 aromatic carbocycles. The SMILES string of the molecule is CCCc1c(Cl)ccc2sc(C=C(C=C3Sc4ccc(Cl)cc4N3S(=O)(=O)O)CC)[n+](S(=O)(=O)O)c12. The zero-order valence-corrected chi connectivity index (χ0v) is 23.8. The largest absolute Gasteiger partial charge is 0.513 e. The summed E-state index contributed by atoms with van der Waals surface area (Å²) in [4.78, 5) is 0.576. The van der Waals surface area contributed by atoms with Gasteiger partial charge in [0.1, 0.15) is 4.70 Å². The Morgan fingerprint density at radius 1 is 1.11 bits per heavy atom. The number of halogens is 2. The Hall–Kier alpha value is -1.64. The summed E-state index contributed by atoms with van der Waals surface area (Å²) in [6.07, 6.45) is 4.73. The fraction of sp³-hybridized carbons (Fsp3) is 0.227. The van der Waals surface area contributed by atoms with Crippen LogP contribution in [-0.4, -0.2) is 25.9 Å². The Kier molecular flexibility index (Phi) is 7.81. The first-order valence-electron chi connectivity index (χ1n) is 10.7. The molecule has 0 fully saturated rings. The molecular formula is C22H21Cl2N2O6S4+. The first-order valence-corrected chi connectivity index (χ1v) is 15.8. The number of aromatic nitrogens is 1. The van der Waals surface area contributed by atoms with Crippen molar-refractivity contribution >= 4 is 88.9 Å². The molecule has 2 heterocycles. The lowest BCUT2D eigenvalue weighted by molar-refractivity contribution is -0.486. The molecule has 4 rings (SSSR count). The van der Waals surface area contributed by atoms with Crippen LogP contribution in [0.4, 0.5) is 5.69 Å². The highest BCUT2D eigenvalue weighted by Crippen LogP contribution is 2.48. The number of allylic oxidation sites excluding steroid dienone is 2. The molecule has 3 aromatic rings. The Morgan fingerprint density at radius 2 is 1.83 bits per heavy atom. The second-order valence-corrected chi connectivity index (χ2v) is 13.3. The van der Waals surface area contributed by atoms with Gasteiger partial charge in [-0.15, -0.1) is 8.42 Å². The van der Waals surface area contributed by atoms with Gasteiger partial charge >= 0.3 is 20.6 Å². The quantitative estimate of drug-likeness (QED) is 0.244. The van der Waals surface area contributed by atoms with Gasteiger partial charge in [0.2, 0.25) is 5.52 Å². The van der Waals surface area contributed by atoms with E-state index >= 15 is 0 Å².